The Labute approximate surface area is 62.7 Å². The molecule has 0 aromatic heterocycles. The molecule has 2 N–H and O–H groups in total. The van der Waals surface area contributed by atoms with Gasteiger partial charge in [-0.15, -0.1) is 6.58 Å². The van der Waals surface area contributed by atoms with E-state index in [1.54, 1.807) is 0 Å². The molecule has 0 saturated carbocycles. The summed E-state index contributed by atoms with van der Waals surface area (Å²) in [5.74, 6) is 0. The van der Waals surface area contributed by atoms with Crippen LogP contribution in [0.15, 0.2) is 12.7 Å². The lowest BCUT2D eigenvalue weighted by Gasteiger charge is -2.08. The van der Waals surface area contributed by atoms with Crippen molar-refractivity contribution in [2.75, 3.05) is 19.6 Å². The fraction of sp³-hybridized carbons (Fsp3) is 0.750. The van der Waals surface area contributed by atoms with E-state index >= 15 is 0 Å². The normalized spacial score (nSPS) is 25.0. The van der Waals surface area contributed by atoms with E-state index in [0.29, 0.717) is 6.04 Å². The molecule has 0 aromatic carbocycles. The molecular weight excluding hydrogens is 124 g/mol. The fourth-order valence-electron chi connectivity index (χ4n) is 1.22. The summed E-state index contributed by atoms with van der Waals surface area (Å²) in [4.78, 5) is 0. The molecule has 1 atom stereocenters. The first-order chi connectivity index (χ1) is 4.93. The Kier molecular flexibility index (Phi) is 3.47. The Morgan fingerprint density at radius 3 is 3.20 bits per heavy atom. The summed E-state index contributed by atoms with van der Waals surface area (Å²) < 4.78 is 0. The maximum Gasteiger partial charge on any atom is 0.0204 e. The third-order valence-electron chi connectivity index (χ3n) is 1.84. The second-order valence-corrected chi connectivity index (χ2v) is 2.72. The number of hydrogen-bond acceptors (Lipinski definition) is 2. The van der Waals surface area contributed by atoms with Gasteiger partial charge in [0.15, 0.2) is 0 Å². The molecular formula is C8H16N2. The zero-order valence-corrected chi connectivity index (χ0v) is 6.40. The van der Waals surface area contributed by atoms with Crippen molar-refractivity contribution in [2.45, 2.75) is 18.9 Å². The van der Waals surface area contributed by atoms with E-state index in [-0.39, 0.29) is 0 Å². The predicted molar refractivity (Wildman–Crippen MR) is 44.1 cm³/mol. The van der Waals surface area contributed by atoms with Gasteiger partial charge in [0.1, 0.15) is 0 Å². The van der Waals surface area contributed by atoms with Crippen molar-refractivity contribution in [1.29, 1.82) is 0 Å². The molecule has 1 heterocycles. The van der Waals surface area contributed by atoms with Crippen LogP contribution in [0, 0.1) is 0 Å². The molecule has 1 fully saturated rings. The van der Waals surface area contributed by atoms with Gasteiger partial charge in [0.2, 0.25) is 0 Å². The Morgan fingerprint density at radius 2 is 2.60 bits per heavy atom. The number of hydrogen-bond donors (Lipinski definition) is 2. The lowest BCUT2D eigenvalue weighted by Crippen LogP contribution is -2.31. The highest BCUT2D eigenvalue weighted by Crippen LogP contribution is 1.96. The second kappa shape index (κ2) is 4.47. The van der Waals surface area contributed by atoms with Crippen molar-refractivity contribution >= 4 is 0 Å². The molecule has 1 unspecified atom stereocenters. The van der Waals surface area contributed by atoms with Gasteiger partial charge in [-0.05, 0) is 25.9 Å². The van der Waals surface area contributed by atoms with Crippen LogP contribution in [-0.4, -0.2) is 25.7 Å². The zero-order chi connectivity index (χ0) is 7.23. The maximum atomic E-state index is 3.67. The fourth-order valence-corrected chi connectivity index (χ4v) is 1.22. The van der Waals surface area contributed by atoms with Gasteiger partial charge in [-0.1, -0.05) is 6.08 Å². The largest absolute Gasteiger partial charge is 0.315 e. The summed E-state index contributed by atoms with van der Waals surface area (Å²) >= 11 is 0. The molecule has 0 spiro atoms. The Balaban J connectivity index is 1.96. The van der Waals surface area contributed by atoms with Crippen LogP contribution < -0.4 is 10.6 Å². The van der Waals surface area contributed by atoms with Gasteiger partial charge >= 0.3 is 0 Å². The van der Waals surface area contributed by atoms with Crippen molar-refractivity contribution in [3.63, 3.8) is 0 Å². The highest BCUT2D eigenvalue weighted by molar-refractivity contribution is 4.78. The maximum absolute atomic E-state index is 3.67. The van der Waals surface area contributed by atoms with Crippen LogP contribution in [0.4, 0.5) is 0 Å². The Hall–Kier alpha value is -0.340. The average Bonchev–Trinajstić information content (AvgIpc) is 2.41. The van der Waals surface area contributed by atoms with Gasteiger partial charge in [-0.3, -0.25) is 0 Å². The summed E-state index contributed by atoms with van der Waals surface area (Å²) in [7, 11) is 0. The van der Waals surface area contributed by atoms with Gasteiger partial charge in [0.05, 0.1) is 0 Å². The molecule has 2 nitrogen and oxygen atoms in total. The van der Waals surface area contributed by atoms with Crippen LogP contribution in [0.3, 0.4) is 0 Å². The number of rotatable bonds is 4. The van der Waals surface area contributed by atoms with E-state index in [2.05, 4.69) is 17.2 Å². The van der Waals surface area contributed by atoms with E-state index < -0.39 is 0 Å². The molecule has 1 aliphatic heterocycles. The van der Waals surface area contributed by atoms with Gasteiger partial charge in [-0.2, -0.15) is 0 Å². The SMILES string of the molecule is C=CCCNC1CCNC1. The van der Waals surface area contributed by atoms with E-state index in [1.807, 2.05) is 6.08 Å². The third-order valence-corrected chi connectivity index (χ3v) is 1.84. The average molecular weight is 140 g/mol. The van der Waals surface area contributed by atoms with Gasteiger partial charge < -0.3 is 10.6 Å². The molecule has 58 valence electrons. The Morgan fingerprint density at radius 1 is 1.70 bits per heavy atom. The van der Waals surface area contributed by atoms with E-state index in [1.165, 1.54) is 13.0 Å². The van der Waals surface area contributed by atoms with Crippen LogP contribution in [-0.2, 0) is 0 Å². The summed E-state index contributed by atoms with van der Waals surface area (Å²) in [6.45, 7) is 7.06. The summed E-state index contributed by atoms with van der Waals surface area (Å²) in [6.07, 6.45) is 4.31. The van der Waals surface area contributed by atoms with Crippen molar-refractivity contribution in [1.82, 2.24) is 10.6 Å². The van der Waals surface area contributed by atoms with Crippen molar-refractivity contribution in [2.24, 2.45) is 0 Å². The molecule has 10 heavy (non-hydrogen) atoms. The quantitative estimate of drug-likeness (QED) is 0.439. The molecule has 0 amide bonds. The third kappa shape index (κ3) is 2.50. The molecule has 0 aromatic rings. The minimum absolute atomic E-state index is 0.708. The molecule has 0 bridgehead atoms. The highest BCUT2D eigenvalue weighted by atomic mass is 15.0. The lowest BCUT2D eigenvalue weighted by atomic mass is 10.2. The first kappa shape index (κ1) is 7.76. The van der Waals surface area contributed by atoms with E-state index in [0.717, 1.165) is 19.5 Å². The Bertz CT molecular complexity index is 95.4. The summed E-state index contributed by atoms with van der Waals surface area (Å²) in [5, 5.41) is 6.76. The van der Waals surface area contributed by atoms with Crippen LogP contribution in [0.1, 0.15) is 12.8 Å². The van der Waals surface area contributed by atoms with Crippen molar-refractivity contribution in [3.8, 4) is 0 Å². The van der Waals surface area contributed by atoms with Gasteiger partial charge in [0, 0.05) is 12.6 Å². The summed E-state index contributed by atoms with van der Waals surface area (Å²) in [5.41, 5.74) is 0. The smallest absolute Gasteiger partial charge is 0.0204 e. The minimum Gasteiger partial charge on any atom is -0.315 e. The highest BCUT2D eigenvalue weighted by Gasteiger charge is 2.11. The van der Waals surface area contributed by atoms with Crippen LogP contribution in [0.2, 0.25) is 0 Å². The first-order valence-corrected chi connectivity index (χ1v) is 3.98. The molecule has 1 saturated heterocycles. The first-order valence-electron chi connectivity index (χ1n) is 3.98. The topological polar surface area (TPSA) is 24.1 Å². The summed E-state index contributed by atoms with van der Waals surface area (Å²) in [6, 6.07) is 0.708. The standard InChI is InChI=1S/C8H16N2/c1-2-3-5-10-8-4-6-9-7-8/h2,8-10H,1,3-7H2. The van der Waals surface area contributed by atoms with Crippen molar-refractivity contribution in [3.05, 3.63) is 12.7 Å². The molecule has 1 rings (SSSR count). The molecule has 0 radical (unpaired) electrons. The van der Waals surface area contributed by atoms with Gasteiger partial charge in [0.25, 0.3) is 0 Å². The van der Waals surface area contributed by atoms with Crippen LogP contribution in [0.25, 0.3) is 0 Å². The number of nitrogens with one attached hydrogen (secondary N) is 2. The molecule has 2 heteroatoms. The predicted octanol–water partition coefficient (Wildman–Crippen LogP) is 0.514. The molecule has 0 aliphatic carbocycles. The van der Waals surface area contributed by atoms with E-state index in [4.69, 9.17) is 0 Å². The van der Waals surface area contributed by atoms with Gasteiger partial charge in [-0.25, -0.2) is 0 Å². The van der Waals surface area contributed by atoms with E-state index in [9.17, 15) is 0 Å². The molecule has 1 aliphatic rings. The monoisotopic (exact) mass is 140 g/mol. The lowest BCUT2D eigenvalue weighted by molar-refractivity contribution is 0.554. The second-order valence-electron chi connectivity index (χ2n) is 2.72. The minimum atomic E-state index is 0.708. The van der Waals surface area contributed by atoms with Crippen molar-refractivity contribution < 1.29 is 0 Å². The van der Waals surface area contributed by atoms with Crippen LogP contribution >= 0.6 is 0 Å². The zero-order valence-electron chi connectivity index (χ0n) is 6.40. The van der Waals surface area contributed by atoms with Crippen LogP contribution in [0.5, 0.6) is 0 Å².